The first-order valence-corrected chi connectivity index (χ1v) is 13.1. The van der Waals surface area contributed by atoms with Crippen LogP contribution in [0, 0.1) is 0 Å². The average molecular weight is 551 g/mol. The van der Waals surface area contributed by atoms with Gasteiger partial charge in [-0.25, -0.2) is 23.1 Å². The van der Waals surface area contributed by atoms with Crippen molar-refractivity contribution in [3.8, 4) is 17.0 Å². The molecule has 3 aromatic rings. The van der Waals surface area contributed by atoms with Crippen LogP contribution in [0.4, 0.5) is 19.0 Å². The van der Waals surface area contributed by atoms with Crippen LogP contribution in [0.5, 0.6) is 5.75 Å². The Labute approximate surface area is 216 Å². The van der Waals surface area contributed by atoms with Crippen LogP contribution in [0.3, 0.4) is 0 Å². The summed E-state index contributed by atoms with van der Waals surface area (Å²) >= 11 is 0. The molecule has 1 saturated heterocycles. The molecule has 14 heteroatoms. The summed E-state index contributed by atoms with van der Waals surface area (Å²) in [7, 11) is -4.35. The van der Waals surface area contributed by atoms with Gasteiger partial charge in [0.2, 0.25) is 10.0 Å². The highest BCUT2D eigenvalue weighted by Gasteiger charge is 2.34. The number of nitrogens with one attached hydrogen (secondary N) is 3. The molecule has 4 rings (SSSR count). The van der Waals surface area contributed by atoms with Crippen LogP contribution < -0.4 is 25.8 Å². The molecule has 10 nitrogen and oxygen atoms in total. The minimum absolute atomic E-state index is 0.0274. The molecule has 5 N–H and O–H groups in total. The van der Waals surface area contributed by atoms with Crippen LogP contribution >= 0.6 is 0 Å². The standard InChI is InChI=1S/C24H25F3N6O4S/c25-24(26,27)37-19-8-1-2-9-20(19)38(35,36)31-12-15-5-3-6-16(11-15)18-14-30-22(28)21(33-18)23(34)32-17-7-4-10-29-13-17/h1-3,5-6,8-9,11,14,17,29,31H,4,7,10,12-13H2,(H2,28,30)(H,32,34)/t17-/m0/s1. The zero-order valence-electron chi connectivity index (χ0n) is 20.0. The normalized spacial score (nSPS) is 16.1. The molecular weight excluding hydrogens is 525 g/mol. The van der Waals surface area contributed by atoms with E-state index in [-0.39, 0.29) is 24.1 Å². The quantitative estimate of drug-likeness (QED) is 0.335. The zero-order valence-corrected chi connectivity index (χ0v) is 20.8. The van der Waals surface area contributed by atoms with Crippen molar-refractivity contribution in [1.29, 1.82) is 0 Å². The first-order valence-electron chi connectivity index (χ1n) is 11.6. The van der Waals surface area contributed by atoms with E-state index >= 15 is 0 Å². The highest BCUT2D eigenvalue weighted by atomic mass is 32.2. The Kier molecular flexibility index (Phi) is 8.14. The van der Waals surface area contributed by atoms with Gasteiger partial charge in [-0.15, -0.1) is 13.2 Å². The van der Waals surface area contributed by atoms with Crippen LogP contribution in [0.1, 0.15) is 28.9 Å². The Morgan fingerprint density at radius 2 is 1.97 bits per heavy atom. The minimum Gasteiger partial charge on any atom is -0.404 e. The molecule has 2 aromatic carbocycles. The molecule has 0 bridgehead atoms. The van der Waals surface area contributed by atoms with Gasteiger partial charge >= 0.3 is 6.36 Å². The Balaban J connectivity index is 1.50. The fourth-order valence-corrected chi connectivity index (χ4v) is 5.06. The second-order valence-electron chi connectivity index (χ2n) is 8.53. The van der Waals surface area contributed by atoms with Crippen molar-refractivity contribution >= 4 is 21.7 Å². The summed E-state index contributed by atoms with van der Waals surface area (Å²) in [6, 6.07) is 11.0. The fourth-order valence-electron chi connectivity index (χ4n) is 3.91. The van der Waals surface area contributed by atoms with Crippen molar-refractivity contribution in [2.75, 3.05) is 18.8 Å². The summed E-state index contributed by atoms with van der Waals surface area (Å²) in [5.41, 5.74) is 7.22. The number of hydrogen-bond donors (Lipinski definition) is 4. The number of nitrogen functional groups attached to an aromatic ring is 1. The van der Waals surface area contributed by atoms with Crippen molar-refractivity contribution in [2.24, 2.45) is 0 Å². The van der Waals surface area contributed by atoms with Crippen molar-refractivity contribution in [3.05, 3.63) is 66.0 Å². The number of ether oxygens (including phenoxy) is 1. The van der Waals surface area contributed by atoms with Crippen molar-refractivity contribution < 1.29 is 31.1 Å². The minimum atomic E-state index is -5.05. The topological polar surface area (TPSA) is 148 Å². The van der Waals surface area contributed by atoms with Crippen molar-refractivity contribution in [2.45, 2.75) is 36.7 Å². The van der Waals surface area contributed by atoms with Gasteiger partial charge in [-0.05, 0) is 43.1 Å². The number of piperidine rings is 1. The highest BCUT2D eigenvalue weighted by molar-refractivity contribution is 7.89. The van der Waals surface area contributed by atoms with Crippen LogP contribution in [0.25, 0.3) is 11.3 Å². The fraction of sp³-hybridized carbons (Fsp3) is 0.292. The molecule has 0 spiro atoms. The maximum Gasteiger partial charge on any atom is 0.573 e. The predicted octanol–water partition coefficient (Wildman–Crippen LogP) is 2.58. The van der Waals surface area contributed by atoms with Crippen LogP contribution in [0.15, 0.2) is 59.6 Å². The first-order chi connectivity index (χ1) is 18.0. The smallest absolute Gasteiger partial charge is 0.404 e. The number of halogens is 3. The maximum absolute atomic E-state index is 12.8. The number of hydrogen-bond acceptors (Lipinski definition) is 8. The van der Waals surface area contributed by atoms with Gasteiger partial charge in [-0.3, -0.25) is 4.79 Å². The number of anilines is 1. The number of alkyl halides is 3. The third-order valence-electron chi connectivity index (χ3n) is 5.70. The molecule has 0 radical (unpaired) electrons. The van der Waals surface area contributed by atoms with E-state index in [2.05, 4.69) is 30.1 Å². The average Bonchev–Trinajstić information content (AvgIpc) is 2.88. The molecule has 1 amide bonds. The maximum atomic E-state index is 12.8. The number of benzene rings is 2. The Hall–Kier alpha value is -3.75. The number of nitrogens with zero attached hydrogens (tertiary/aromatic N) is 2. The first kappa shape index (κ1) is 27.3. The van der Waals surface area contributed by atoms with Gasteiger partial charge < -0.3 is 21.1 Å². The molecule has 1 aromatic heterocycles. The predicted molar refractivity (Wildman–Crippen MR) is 132 cm³/mol. The van der Waals surface area contributed by atoms with Gasteiger partial charge in [0, 0.05) is 24.7 Å². The molecule has 1 aliphatic heterocycles. The van der Waals surface area contributed by atoms with E-state index in [1.807, 2.05) is 0 Å². The number of carbonyl (C=O) groups excluding carboxylic acids is 1. The van der Waals surface area contributed by atoms with E-state index in [9.17, 15) is 26.4 Å². The van der Waals surface area contributed by atoms with Crippen molar-refractivity contribution in [3.63, 3.8) is 0 Å². The third-order valence-corrected chi connectivity index (χ3v) is 7.14. The van der Waals surface area contributed by atoms with Gasteiger partial charge in [0.1, 0.15) is 10.6 Å². The number of amides is 1. The summed E-state index contributed by atoms with van der Waals surface area (Å²) < 4.78 is 69.7. The van der Waals surface area contributed by atoms with E-state index in [4.69, 9.17) is 5.73 Å². The Bertz CT molecular complexity index is 1410. The largest absolute Gasteiger partial charge is 0.573 e. The lowest BCUT2D eigenvalue weighted by Crippen LogP contribution is -2.46. The number of aromatic nitrogens is 2. The number of rotatable bonds is 8. The lowest BCUT2D eigenvalue weighted by Gasteiger charge is -2.23. The molecule has 38 heavy (non-hydrogen) atoms. The van der Waals surface area contributed by atoms with Gasteiger partial charge in [-0.2, -0.15) is 0 Å². The van der Waals surface area contributed by atoms with E-state index in [0.717, 1.165) is 31.5 Å². The number of nitrogens with two attached hydrogens (primary N) is 1. The number of sulfonamides is 1. The van der Waals surface area contributed by atoms with E-state index in [0.29, 0.717) is 23.4 Å². The van der Waals surface area contributed by atoms with Gasteiger partial charge in [0.15, 0.2) is 11.5 Å². The molecule has 1 atom stereocenters. The second-order valence-corrected chi connectivity index (χ2v) is 10.3. The lowest BCUT2D eigenvalue weighted by molar-refractivity contribution is -0.275. The van der Waals surface area contributed by atoms with Crippen LogP contribution in [0.2, 0.25) is 0 Å². The molecule has 1 fully saturated rings. The number of para-hydroxylation sites is 1. The molecular formula is C24H25F3N6O4S. The van der Waals surface area contributed by atoms with Crippen LogP contribution in [-0.2, 0) is 16.6 Å². The third kappa shape index (κ3) is 6.96. The lowest BCUT2D eigenvalue weighted by atomic mass is 10.1. The van der Waals surface area contributed by atoms with Gasteiger partial charge in [-0.1, -0.05) is 30.3 Å². The Morgan fingerprint density at radius 3 is 2.71 bits per heavy atom. The summed E-state index contributed by atoms with van der Waals surface area (Å²) in [6.45, 7) is 1.30. The second kappa shape index (κ2) is 11.3. The monoisotopic (exact) mass is 550 g/mol. The van der Waals surface area contributed by atoms with E-state index in [1.165, 1.54) is 18.3 Å². The van der Waals surface area contributed by atoms with Gasteiger partial charge in [0.25, 0.3) is 5.91 Å². The summed E-state index contributed by atoms with van der Waals surface area (Å²) in [6.07, 6.45) is -1.90. The summed E-state index contributed by atoms with van der Waals surface area (Å²) in [5.74, 6) is -1.32. The Morgan fingerprint density at radius 1 is 1.18 bits per heavy atom. The SMILES string of the molecule is Nc1ncc(-c2cccc(CNS(=O)(=O)c3ccccc3OC(F)(F)F)c2)nc1C(=O)N[C@H]1CCCNC1. The molecule has 1 aliphatic rings. The molecule has 0 unspecified atom stereocenters. The molecule has 0 aliphatic carbocycles. The summed E-state index contributed by atoms with van der Waals surface area (Å²) in [4.78, 5) is 20.6. The zero-order chi connectivity index (χ0) is 27.3. The number of carbonyl (C=O) groups is 1. The van der Waals surface area contributed by atoms with Gasteiger partial charge in [0.05, 0.1) is 11.9 Å². The van der Waals surface area contributed by atoms with Crippen LogP contribution in [-0.4, -0.2) is 49.8 Å². The van der Waals surface area contributed by atoms with E-state index < -0.39 is 32.9 Å². The highest BCUT2D eigenvalue weighted by Crippen LogP contribution is 2.29. The van der Waals surface area contributed by atoms with E-state index in [1.54, 1.807) is 24.3 Å². The molecule has 2 heterocycles. The van der Waals surface area contributed by atoms with Crippen molar-refractivity contribution in [1.82, 2.24) is 25.3 Å². The molecule has 0 saturated carbocycles. The summed E-state index contributed by atoms with van der Waals surface area (Å²) in [5, 5.41) is 6.10. The molecule has 202 valence electrons.